The van der Waals surface area contributed by atoms with E-state index >= 15 is 0 Å². The van der Waals surface area contributed by atoms with Crippen LogP contribution in [0, 0.1) is 5.92 Å². The summed E-state index contributed by atoms with van der Waals surface area (Å²) in [7, 11) is 0. The maximum Gasteiger partial charge on any atom is 0.208 e. The van der Waals surface area contributed by atoms with Gasteiger partial charge in [-0.1, -0.05) is 48.5 Å². The van der Waals surface area contributed by atoms with Crippen molar-refractivity contribution in [1.29, 1.82) is 0 Å². The number of hydrogen-bond donors (Lipinski definition) is 1. The summed E-state index contributed by atoms with van der Waals surface area (Å²) in [5.74, 6) is 2.82. The summed E-state index contributed by atoms with van der Waals surface area (Å²) in [5.41, 5.74) is 1.10. The van der Waals surface area contributed by atoms with Gasteiger partial charge in [0.25, 0.3) is 0 Å². The van der Waals surface area contributed by atoms with Crippen LogP contribution in [-0.2, 0) is 0 Å². The summed E-state index contributed by atoms with van der Waals surface area (Å²) in [5, 5.41) is 8.35. The van der Waals surface area contributed by atoms with Crippen LogP contribution in [0.1, 0.15) is 32.1 Å². The van der Waals surface area contributed by atoms with E-state index in [4.69, 9.17) is 0 Å². The Morgan fingerprint density at radius 1 is 1.09 bits per heavy atom. The number of nitrogens with one attached hydrogen (secondary N) is 1. The van der Waals surface area contributed by atoms with Gasteiger partial charge in [-0.05, 0) is 44.7 Å². The SMILES string of the molecule is c1ccc(-c2nc(SC[C@@H]3CCCN4CCCC[C@@H]34)n[nH]2)cc1. The first-order valence-electron chi connectivity index (χ1n) is 8.75. The number of H-pyrrole nitrogens is 1. The Labute approximate surface area is 142 Å². The highest BCUT2D eigenvalue weighted by Gasteiger charge is 2.32. The highest BCUT2D eigenvalue weighted by molar-refractivity contribution is 7.99. The molecule has 3 heterocycles. The topological polar surface area (TPSA) is 44.8 Å². The average Bonchev–Trinajstić information content (AvgIpc) is 3.10. The number of piperidine rings is 2. The fourth-order valence-electron chi connectivity index (χ4n) is 3.99. The Kier molecular flexibility index (Phi) is 4.67. The van der Waals surface area contributed by atoms with Crippen LogP contribution >= 0.6 is 11.8 Å². The van der Waals surface area contributed by atoms with E-state index in [9.17, 15) is 0 Å². The minimum absolute atomic E-state index is 0.799. The number of hydrogen-bond acceptors (Lipinski definition) is 4. The Morgan fingerprint density at radius 3 is 2.87 bits per heavy atom. The van der Waals surface area contributed by atoms with Gasteiger partial charge in [0.15, 0.2) is 5.82 Å². The van der Waals surface area contributed by atoms with Crippen molar-refractivity contribution in [1.82, 2.24) is 20.1 Å². The van der Waals surface area contributed by atoms with Crippen molar-refractivity contribution in [2.75, 3.05) is 18.8 Å². The third kappa shape index (κ3) is 3.45. The second-order valence-electron chi connectivity index (χ2n) is 6.65. The molecule has 0 amide bonds. The van der Waals surface area contributed by atoms with Crippen molar-refractivity contribution >= 4 is 11.8 Å². The fourth-order valence-corrected chi connectivity index (χ4v) is 5.01. The number of rotatable bonds is 4. The largest absolute Gasteiger partial charge is 0.300 e. The molecule has 2 fully saturated rings. The summed E-state index contributed by atoms with van der Waals surface area (Å²) < 4.78 is 0. The normalized spacial score (nSPS) is 25.2. The monoisotopic (exact) mass is 328 g/mol. The molecule has 0 unspecified atom stereocenters. The summed E-state index contributed by atoms with van der Waals surface area (Å²) >= 11 is 1.82. The highest BCUT2D eigenvalue weighted by atomic mass is 32.2. The molecule has 4 nitrogen and oxygen atoms in total. The first-order chi connectivity index (χ1) is 11.4. The van der Waals surface area contributed by atoms with Crippen molar-refractivity contribution in [3.63, 3.8) is 0 Å². The van der Waals surface area contributed by atoms with Crippen molar-refractivity contribution in [2.45, 2.75) is 43.3 Å². The Morgan fingerprint density at radius 2 is 1.96 bits per heavy atom. The Hall–Kier alpha value is -1.33. The van der Waals surface area contributed by atoms with Gasteiger partial charge in [-0.3, -0.25) is 5.10 Å². The van der Waals surface area contributed by atoms with Gasteiger partial charge in [-0.15, -0.1) is 5.10 Å². The van der Waals surface area contributed by atoms with E-state index in [-0.39, 0.29) is 0 Å². The lowest BCUT2D eigenvalue weighted by Gasteiger charge is -2.44. The second-order valence-corrected chi connectivity index (χ2v) is 7.63. The van der Waals surface area contributed by atoms with Gasteiger partial charge < -0.3 is 4.90 Å². The van der Waals surface area contributed by atoms with Gasteiger partial charge in [-0.2, -0.15) is 0 Å². The van der Waals surface area contributed by atoms with Crippen LogP contribution in [0.5, 0.6) is 0 Å². The summed E-state index contributed by atoms with van der Waals surface area (Å²) in [6.45, 7) is 2.62. The summed E-state index contributed by atoms with van der Waals surface area (Å²) in [6.07, 6.45) is 6.89. The molecule has 23 heavy (non-hydrogen) atoms. The molecule has 2 aliphatic rings. The van der Waals surface area contributed by atoms with E-state index in [0.717, 1.165) is 34.3 Å². The molecule has 2 aromatic rings. The molecular formula is C18H24N4S. The number of benzene rings is 1. The summed E-state index contributed by atoms with van der Waals surface area (Å²) in [6, 6.07) is 11.0. The third-order valence-electron chi connectivity index (χ3n) is 5.17. The van der Waals surface area contributed by atoms with Crippen LogP contribution in [0.2, 0.25) is 0 Å². The molecule has 1 aromatic heterocycles. The van der Waals surface area contributed by atoms with Crippen LogP contribution in [0.3, 0.4) is 0 Å². The first kappa shape index (κ1) is 15.2. The van der Waals surface area contributed by atoms with Gasteiger partial charge in [0.2, 0.25) is 5.16 Å². The average molecular weight is 328 g/mol. The smallest absolute Gasteiger partial charge is 0.208 e. The van der Waals surface area contributed by atoms with Crippen molar-refractivity contribution in [2.24, 2.45) is 5.92 Å². The van der Waals surface area contributed by atoms with E-state index in [2.05, 4.69) is 32.2 Å². The van der Waals surface area contributed by atoms with Crippen molar-refractivity contribution in [3.05, 3.63) is 30.3 Å². The molecule has 2 aliphatic heterocycles. The van der Waals surface area contributed by atoms with E-state index < -0.39 is 0 Å². The van der Waals surface area contributed by atoms with Crippen LogP contribution in [0.15, 0.2) is 35.5 Å². The number of nitrogens with zero attached hydrogens (tertiary/aromatic N) is 3. The zero-order valence-electron chi connectivity index (χ0n) is 13.4. The third-order valence-corrected chi connectivity index (χ3v) is 6.20. The molecule has 0 bridgehead atoms. The molecule has 2 saturated heterocycles. The Balaban J connectivity index is 1.38. The molecule has 5 heteroatoms. The maximum atomic E-state index is 4.65. The number of aromatic amines is 1. The second kappa shape index (κ2) is 7.05. The molecule has 0 saturated carbocycles. The summed E-state index contributed by atoms with van der Waals surface area (Å²) in [4.78, 5) is 7.38. The molecule has 0 radical (unpaired) electrons. The van der Waals surface area contributed by atoms with Gasteiger partial charge >= 0.3 is 0 Å². The molecule has 0 aliphatic carbocycles. The molecule has 1 N–H and O–H groups in total. The molecule has 122 valence electrons. The van der Waals surface area contributed by atoms with Crippen LogP contribution in [0.4, 0.5) is 0 Å². The zero-order valence-corrected chi connectivity index (χ0v) is 14.3. The fraction of sp³-hybridized carbons (Fsp3) is 0.556. The Bertz CT molecular complexity index is 625. The lowest BCUT2D eigenvalue weighted by molar-refractivity contribution is 0.0693. The minimum atomic E-state index is 0.799. The zero-order chi connectivity index (χ0) is 15.5. The van der Waals surface area contributed by atoms with Crippen molar-refractivity contribution in [3.8, 4) is 11.4 Å². The van der Waals surface area contributed by atoms with Crippen molar-refractivity contribution < 1.29 is 0 Å². The first-order valence-corrected chi connectivity index (χ1v) is 9.73. The van der Waals surface area contributed by atoms with E-state index in [1.165, 1.54) is 45.2 Å². The molecule has 0 spiro atoms. The van der Waals surface area contributed by atoms with Crippen LogP contribution in [0.25, 0.3) is 11.4 Å². The van der Waals surface area contributed by atoms with Gasteiger partial charge in [0.1, 0.15) is 0 Å². The number of fused-ring (bicyclic) bond motifs is 1. The quantitative estimate of drug-likeness (QED) is 0.867. The maximum absolute atomic E-state index is 4.65. The predicted octanol–water partition coefficient (Wildman–Crippen LogP) is 3.83. The standard InChI is InChI=1S/C18H24N4S/c1-2-7-14(8-3-1)17-19-18(21-20-17)23-13-15-9-6-12-22-11-5-4-10-16(15)22/h1-3,7-8,15-16H,4-6,9-13H2,(H,19,20,21)/t15-,16-/m0/s1. The van der Waals surface area contributed by atoms with E-state index in [1.807, 2.05) is 30.0 Å². The molecule has 2 atom stereocenters. The molecule has 4 rings (SSSR count). The number of thioether (sulfide) groups is 1. The van der Waals surface area contributed by atoms with E-state index in [1.54, 1.807) is 0 Å². The lowest BCUT2D eigenvalue weighted by atomic mass is 9.85. The minimum Gasteiger partial charge on any atom is -0.300 e. The highest BCUT2D eigenvalue weighted by Crippen LogP contribution is 2.34. The van der Waals surface area contributed by atoms with Gasteiger partial charge in [0, 0.05) is 17.4 Å². The predicted molar refractivity (Wildman–Crippen MR) is 94.5 cm³/mol. The van der Waals surface area contributed by atoms with Gasteiger partial charge in [0.05, 0.1) is 0 Å². The molecule has 1 aromatic carbocycles. The van der Waals surface area contributed by atoms with E-state index in [0.29, 0.717) is 0 Å². The lowest BCUT2D eigenvalue weighted by Crippen LogP contribution is -2.48. The number of aromatic nitrogens is 3. The molecular weight excluding hydrogens is 304 g/mol. The van der Waals surface area contributed by atoms with Crippen LogP contribution < -0.4 is 0 Å². The van der Waals surface area contributed by atoms with Crippen LogP contribution in [-0.4, -0.2) is 45.0 Å². The van der Waals surface area contributed by atoms with Gasteiger partial charge in [-0.25, -0.2) is 4.98 Å².